The minimum Gasteiger partial charge on any atom is -0.481 e. The van der Waals surface area contributed by atoms with Gasteiger partial charge in [-0.1, -0.05) is 13.0 Å². The van der Waals surface area contributed by atoms with E-state index in [4.69, 9.17) is 5.11 Å². The molecule has 0 aliphatic carbocycles. The molecule has 0 fully saturated rings. The van der Waals surface area contributed by atoms with E-state index < -0.39 is 16.8 Å². The summed E-state index contributed by atoms with van der Waals surface area (Å²) in [5, 5.41) is 20.1. The zero-order valence-corrected chi connectivity index (χ0v) is 13.4. The average molecular weight is 309 g/mol. The number of non-ortho nitro benzene ring substituents is 1. The van der Waals surface area contributed by atoms with Crippen LogP contribution in [0.3, 0.4) is 0 Å². The number of carbonyl (C=O) groups is 1. The number of benzene rings is 1. The van der Waals surface area contributed by atoms with Gasteiger partial charge in [0.05, 0.1) is 10.8 Å². The van der Waals surface area contributed by atoms with Gasteiger partial charge in [-0.05, 0) is 26.6 Å². The first-order valence-corrected chi connectivity index (χ1v) is 7.10. The lowest BCUT2D eigenvalue weighted by Gasteiger charge is -2.29. The number of nitrogens with zero attached hydrogens (tertiary/aromatic N) is 3. The van der Waals surface area contributed by atoms with Gasteiger partial charge in [-0.25, -0.2) is 0 Å². The number of aryl methyl sites for hydroxylation is 1. The van der Waals surface area contributed by atoms with Crippen LogP contribution in [0, 0.1) is 23.0 Å². The van der Waals surface area contributed by atoms with Crippen molar-refractivity contribution in [2.24, 2.45) is 5.92 Å². The molecule has 0 aliphatic rings. The molecular formula is C15H23N3O4. The predicted molar refractivity (Wildman–Crippen MR) is 85.4 cm³/mol. The van der Waals surface area contributed by atoms with E-state index in [1.807, 2.05) is 30.8 Å². The summed E-state index contributed by atoms with van der Waals surface area (Å²) >= 11 is 0. The van der Waals surface area contributed by atoms with E-state index >= 15 is 0 Å². The maximum Gasteiger partial charge on any atom is 0.308 e. The summed E-state index contributed by atoms with van der Waals surface area (Å²) < 4.78 is 0. The molecule has 1 aromatic rings. The summed E-state index contributed by atoms with van der Waals surface area (Å²) in [7, 11) is 3.86. The fourth-order valence-electron chi connectivity index (χ4n) is 2.09. The monoisotopic (exact) mass is 309 g/mol. The van der Waals surface area contributed by atoms with Crippen molar-refractivity contribution in [1.82, 2.24) is 4.90 Å². The van der Waals surface area contributed by atoms with Crippen molar-refractivity contribution in [3.05, 3.63) is 33.9 Å². The van der Waals surface area contributed by atoms with E-state index in [0.717, 1.165) is 12.1 Å². The molecule has 7 nitrogen and oxygen atoms in total. The highest BCUT2D eigenvalue weighted by atomic mass is 16.6. The van der Waals surface area contributed by atoms with Crippen molar-refractivity contribution in [3.63, 3.8) is 0 Å². The Morgan fingerprint density at radius 1 is 1.36 bits per heavy atom. The Kier molecular flexibility index (Phi) is 6.30. The van der Waals surface area contributed by atoms with Gasteiger partial charge in [0.25, 0.3) is 5.69 Å². The summed E-state index contributed by atoms with van der Waals surface area (Å²) in [6.45, 7) is 5.15. The first kappa shape index (κ1) is 17.9. The molecule has 0 aromatic heterocycles. The van der Waals surface area contributed by atoms with Crippen LogP contribution < -0.4 is 4.90 Å². The maximum absolute atomic E-state index is 11.1. The molecule has 0 saturated carbocycles. The lowest BCUT2D eigenvalue weighted by atomic mass is 10.1. The molecule has 122 valence electrons. The number of hydrogen-bond donors (Lipinski definition) is 1. The molecule has 1 atom stereocenters. The van der Waals surface area contributed by atoms with Gasteiger partial charge in [0, 0.05) is 37.5 Å². The van der Waals surface area contributed by atoms with Gasteiger partial charge in [0.15, 0.2) is 0 Å². The van der Waals surface area contributed by atoms with Crippen LogP contribution in [0.15, 0.2) is 18.2 Å². The summed E-state index contributed by atoms with van der Waals surface area (Å²) in [6.07, 6.45) is 0. The van der Waals surface area contributed by atoms with E-state index in [0.29, 0.717) is 18.8 Å². The zero-order chi connectivity index (χ0) is 16.9. The van der Waals surface area contributed by atoms with E-state index in [2.05, 4.69) is 0 Å². The van der Waals surface area contributed by atoms with Gasteiger partial charge in [-0.15, -0.1) is 0 Å². The molecule has 0 bridgehead atoms. The van der Waals surface area contributed by atoms with Gasteiger partial charge in [0.1, 0.15) is 0 Å². The highest BCUT2D eigenvalue weighted by molar-refractivity contribution is 5.71. The Morgan fingerprint density at radius 2 is 2.00 bits per heavy atom. The Hall–Kier alpha value is -2.15. The average Bonchev–Trinajstić information content (AvgIpc) is 2.43. The smallest absolute Gasteiger partial charge is 0.308 e. The van der Waals surface area contributed by atoms with E-state index in [1.165, 1.54) is 12.1 Å². The molecule has 0 aliphatic heterocycles. The molecule has 0 heterocycles. The first-order chi connectivity index (χ1) is 10.2. The van der Waals surface area contributed by atoms with Crippen molar-refractivity contribution in [2.75, 3.05) is 38.6 Å². The molecular weight excluding hydrogens is 286 g/mol. The molecule has 0 radical (unpaired) electrons. The number of anilines is 1. The molecule has 1 rings (SSSR count). The van der Waals surface area contributed by atoms with Crippen molar-refractivity contribution in [1.29, 1.82) is 0 Å². The fraction of sp³-hybridized carbons (Fsp3) is 0.533. The number of nitro groups is 1. The zero-order valence-electron chi connectivity index (χ0n) is 13.4. The lowest BCUT2D eigenvalue weighted by Crippen LogP contribution is -2.37. The van der Waals surface area contributed by atoms with Gasteiger partial charge < -0.3 is 14.9 Å². The van der Waals surface area contributed by atoms with Crippen molar-refractivity contribution < 1.29 is 14.8 Å². The number of aliphatic carboxylic acids is 1. The van der Waals surface area contributed by atoms with E-state index in [-0.39, 0.29) is 5.69 Å². The molecule has 22 heavy (non-hydrogen) atoms. The summed E-state index contributed by atoms with van der Waals surface area (Å²) in [5.41, 5.74) is 1.62. The summed E-state index contributed by atoms with van der Waals surface area (Å²) in [6, 6.07) is 4.67. The van der Waals surface area contributed by atoms with Crippen LogP contribution in [0.5, 0.6) is 0 Å². The summed E-state index contributed by atoms with van der Waals surface area (Å²) in [4.78, 5) is 25.5. The number of rotatable bonds is 8. The van der Waals surface area contributed by atoms with Crippen LogP contribution in [0.1, 0.15) is 12.5 Å². The Bertz CT molecular complexity index is 546. The minimum absolute atomic E-state index is 0.0124. The minimum atomic E-state index is -0.877. The van der Waals surface area contributed by atoms with Gasteiger partial charge in [-0.2, -0.15) is 0 Å². The van der Waals surface area contributed by atoms with Crippen LogP contribution in [0.25, 0.3) is 0 Å². The molecule has 0 saturated heterocycles. The first-order valence-electron chi connectivity index (χ1n) is 7.10. The lowest BCUT2D eigenvalue weighted by molar-refractivity contribution is -0.384. The highest BCUT2D eigenvalue weighted by Gasteiger charge is 2.20. The normalized spacial score (nSPS) is 12.2. The maximum atomic E-state index is 11.1. The Balaban J connectivity index is 3.10. The number of carboxylic acid groups (broad SMARTS) is 1. The van der Waals surface area contributed by atoms with Crippen LogP contribution in [-0.2, 0) is 4.79 Å². The summed E-state index contributed by atoms with van der Waals surface area (Å²) in [5.74, 6) is -1.43. The van der Waals surface area contributed by atoms with Crippen LogP contribution >= 0.6 is 0 Å². The Labute approximate surface area is 130 Å². The van der Waals surface area contributed by atoms with Crippen LogP contribution in [0.4, 0.5) is 11.4 Å². The van der Waals surface area contributed by atoms with E-state index in [1.54, 1.807) is 13.0 Å². The SMILES string of the molecule is Cc1ccc([N+](=O)[O-])cc1N(CCN(C)C)CC(C)C(=O)O. The third kappa shape index (κ3) is 5.00. The molecule has 1 N–H and O–H groups in total. The predicted octanol–water partition coefficient (Wildman–Crippen LogP) is 1.99. The number of carboxylic acids is 1. The third-order valence-corrected chi connectivity index (χ3v) is 3.48. The quantitative estimate of drug-likeness (QED) is 0.584. The molecule has 1 aromatic carbocycles. The highest BCUT2D eigenvalue weighted by Crippen LogP contribution is 2.26. The topological polar surface area (TPSA) is 86.9 Å². The van der Waals surface area contributed by atoms with Crippen molar-refractivity contribution in [2.45, 2.75) is 13.8 Å². The number of nitro benzene ring substituents is 1. The van der Waals surface area contributed by atoms with Crippen LogP contribution in [0.2, 0.25) is 0 Å². The van der Waals surface area contributed by atoms with E-state index in [9.17, 15) is 14.9 Å². The largest absolute Gasteiger partial charge is 0.481 e. The molecule has 1 unspecified atom stereocenters. The van der Waals surface area contributed by atoms with Gasteiger partial charge in [0.2, 0.25) is 0 Å². The number of hydrogen-bond acceptors (Lipinski definition) is 5. The van der Waals surface area contributed by atoms with Crippen LogP contribution in [-0.4, -0.2) is 54.6 Å². The molecule has 0 amide bonds. The second kappa shape index (κ2) is 7.74. The third-order valence-electron chi connectivity index (χ3n) is 3.48. The Morgan fingerprint density at radius 3 is 2.50 bits per heavy atom. The second-order valence-corrected chi connectivity index (χ2v) is 5.72. The van der Waals surface area contributed by atoms with Gasteiger partial charge in [-0.3, -0.25) is 14.9 Å². The molecule has 0 spiro atoms. The second-order valence-electron chi connectivity index (χ2n) is 5.72. The van der Waals surface area contributed by atoms with Crippen molar-refractivity contribution in [3.8, 4) is 0 Å². The number of likely N-dealkylation sites (N-methyl/N-ethyl adjacent to an activating group) is 1. The standard InChI is InChI=1S/C15H23N3O4/c1-11-5-6-13(18(21)22)9-14(11)17(8-7-16(3)4)10-12(2)15(19)20/h5-6,9,12H,7-8,10H2,1-4H3,(H,19,20). The van der Waals surface area contributed by atoms with Gasteiger partial charge >= 0.3 is 5.97 Å². The van der Waals surface area contributed by atoms with Crippen molar-refractivity contribution >= 4 is 17.3 Å². The molecule has 7 heteroatoms. The fourth-order valence-corrected chi connectivity index (χ4v) is 2.09.